The zero-order valence-electron chi connectivity index (χ0n) is 5.66. The van der Waals surface area contributed by atoms with E-state index in [9.17, 15) is 0 Å². The highest BCUT2D eigenvalue weighted by Gasteiger charge is 2.39. The Labute approximate surface area is 59.5 Å². The fourth-order valence-electron chi connectivity index (χ4n) is 1.30. The molecule has 2 rings (SSSR count). The van der Waals surface area contributed by atoms with Gasteiger partial charge in [-0.05, 0) is 24.5 Å². The Bertz CT molecular complexity index is 203. The minimum atomic E-state index is 0.297. The molecule has 0 bridgehead atoms. The number of aliphatic hydroxyl groups is 1. The quantitative estimate of drug-likeness (QED) is 0.669. The number of furan rings is 1. The number of aliphatic hydroxyl groups excluding tert-OH is 1. The summed E-state index contributed by atoms with van der Waals surface area (Å²) in [4.78, 5) is 0. The van der Waals surface area contributed by atoms with Crippen molar-refractivity contribution >= 4 is 0 Å². The van der Waals surface area contributed by atoms with Crippen LogP contribution >= 0.6 is 0 Å². The molecule has 0 saturated heterocycles. The molecule has 10 heavy (non-hydrogen) atoms. The topological polar surface area (TPSA) is 33.4 Å². The number of rotatable bonds is 2. The van der Waals surface area contributed by atoms with Gasteiger partial charge in [-0.2, -0.15) is 0 Å². The van der Waals surface area contributed by atoms with E-state index in [0.29, 0.717) is 18.4 Å². The average molecular weight is 138 g/mol. The summed E-state index contributed by atoms with van der Waals surface area (Å²) < 4.78 is 5.18. The zero-order chi connectivity index (χ0) is 6.97. The van der Waals surface area contributed by atoms with Gasteiger partial charge in [0.25, 0.3) is 0 Å². The normalized spacial score (nSPS) is 30.5. The second-order valence-corrected chi connectivity index (χ2v) is 2.80. The van der Waals surface area contributed by atoms with Gasteiger partial charge in [0.1, 0.15) is 5.76 Å². The molecular formula is C8H10O2. The maximum absolute atomic E-state index is 8.73. The Kier molecular flexibility index (Phi) is 1.27. The molecule has 0 amide bonds. The molecule has 1 saturated carbocycles. The van der Waals surface area contributed by atoms with E-state index < -0.39 is 0 Å². The molecule has 1 fully saturated rings. The van der Waals surface area contributed by atoms with Crippen LogP contribution in [0.25, 0.3) is 0 Å². The SMILES string of the molecule is OC[C@@H]1C[C@H]1c1ccco1. The van der Waals surface area contributed by atoms with Crippen LogP contribution in [-0.4, -0.2) is 11.7 Å². The molecule has 1 aliphatic carbocycles. The zero-order valence-corrected chi connectivity index (χ0v) is 5.66. The first-order valence-corrected chi connectivity index (χ1v) is 3.56. The molecule has 0 aromatic carbocycles. The van der Waals surface area contributed by atoms with Gasteiger partial charge in [0.2, 0.25) is 0 Å². The van der Waals surface area contributed by atoms with E-state index >= 15 is 0 Å². The summed E-state index contributed by atoms with van der Waals surface area (Å²) in [6.07, 6.45) is 2.77. The fourth-order valence-corrected chi connectivity index (χ4v) is 1.30. The maximum Gasteiger partial charge on any atom is 0.107 e. The van der Waals surface area contributed by atoms with Gasteiger partial charge in [-0.1, -0.05) is 0 Å². The molecular weight excluding hydrogens is 128 g/mol. The van der Waals surface area contributed by atoms with Gasteiger partial charge in [0, 0.05) is 12.5 Å². The van der Waals surface area contributed by atoms with Gasteiger partial charge in [-0.15, -0.1) is 0 Å². The van der Waals surface area contributed by atoms with E-state index in [1.165, 1.54) is 0 Å². The molecule has 1 aromatic rings. The molecule has 0 radical (unpaired) electrons. The van der Waals surface area contributed by atoms with Crippen molar-refractivity contribution in [2.24, 2.45) is 5.92 Å². The lowest BCUT2D eigenvalue weighted by Gasteiger charge is -1.89. The molecule has 0 unspecified atom stereocenters. The van der Waals surface area contributed by atoms with Crippen molar-refractivity contribution in [1.82, 2.24) is 0 Å². The highest BCUT2D eigenvalue weighted by molar-refractivity contribution is 5.14. The molecule has 0 aliphatic heterocycles. The first-order valence-electron chi connectivity index (χ1n) is 3.56. The van der Waals surface area contributed by atoms with E-state index in [-0.39, 0.29) is 0 Å². The van der Waals surface area contributed by atoms with Gasteiger partial charge in [-0.25, -0.2) is 0 Å². The van der Waals surface area contributed by atoms with Crippen molar-refractivity contribution < 1.29 is 9.52 Å². The second-order valence-electron chi connectivity index (χ2n) is 2.80. The van der Waals surface area contributed by atoms with Crippen LogP contribution in [-0.2, 0) is 0 Å². The van der Waals surface area contributed by atoms with Gasteiger partial charge in [0.05, 0.1) is 6.26 Å². The molecule has 1 N–H and O–H groups in total. The van der Waals surface area contributed by atoms with Crippen molar-refractivity contribution in [3.8, 4) is 0 Å². The summed E-state index contributed by atoms with van der Waals surface area (Å²) >= 11 is 0. The lowest BCUT2D eigenvalue weighted by Crippen LogP contribution is -1.86. The number of hydrogen-bond acceptors (Lipinski definition) is 2. The average Bonchev–Trinajstić information content (AvgIpc) is 2.56. The van der Waals surface area contributed by atoms with Gasteiger partial charge in [0.15, 0.2) is 0 Å². The highest BCUT2D eigenvalue weighted by Crippen LogP contribution is 2.46. The third-order valence-corrected chi connectivity index (χ3v) is 2.07. The number of hydrogen-bond donors (Lipinski definition) is 1. The third-order valence-electron chi connectivity index (χ3n) is 2.07. The van der Waals surface area contributed by atoms with Gasteiger partial charge >= 0.3 is 0 Å². The Hall–Kier alpha value is -0.760. The molecule has 1 heterocycles. The van der Waals surface area contributed by atoms with Crippen LogP contribution in [0.2, 0.25) is 0 Å². The van der Waals surface area contributed by atoms with Crippen molar-refractivity contribution in [2.45, 2.75) is 12.3 Å². The van der Waals surface area contributed by atoms with Crippen LogP contribution in [0.3, 0.4) is 0 Å². The van der Waals surface area contributed by atoms with Crippen molar-refractivity contribution in [3.63, 3.8) is 0 Å². The van der Waals surface area contributed by atoms with Gasteiger partial charge in [-0.3, -0.25) is 0 Å². The molecule has 0 spiro atoms. The van der Waals surface area contributed by atoms with E-state index in [2.05, 4.69) is 0 Å². The monoisotopic (exact) mass is 138 g/mol. The molecule has 1 aromatic heterocycles. The van der Waals surface area contributed by atoms with E-state index in [4.69, 9.17) is 9.52 Å². The van der Waals surface area contributed by atoms with Crippen molar-refractivity contribution in [3.05, 3.63) is 24.2 Å². The summed E-state index contributed by atoms with van der Waals surface area (Å²) in [5.41, 5.74) is 0. The molecule has 1 aliphatic rings. The van der Waals surface area contributed by atoms with Crippen LogP contribution in [0.15, 0.2) is 22.8 Å². The Morgan fingerprint density at radius 3 is 3.10 bits per heavy atom. The first kappa shape index (κ1) is 5.98. The van der Waals surface area contributed by atoms with Crippen molar-refractivity contribution in [1.29, 1.82) is 0 Å². The highest BCUT2D eigenvalue weighted by atomic mass is 16.3. The predicted octanol–water partition coefficient (Wildman–Crippen LogP) is 1.38. The maximum atomic E-state index is 8.73. The van der Waals surface area contributed by atoms with E-state index in [1.807, 2.05) is 12.1 Å². The van der Waals surface area contributed by atoms with Crippen LogP contribution < -0.4 is 0 Å². The van der Waals surface area contributed by atoms with Crippen molar-refractivity contribution in [2.75, 3.05) is 6.61 Å². The molecule has 2 heteroatoms. The van der Waals surface area contributed by atoms with Crippen LogP contribution in [0, 0.1) is 5.92 Å². The third kappa shape index (κ3) is 0.847. The van der Waals surface area contributed by atoms with E-state index in [1.54, 1.807) is 6.26 Å². The molecule has 54 valence electrons. The first-order chi connectivity index (χ1) is 4.92. The Balaban J connectivity index is 2.05. The Morgan fingerprint density at radius 1 is 1.70 bits per heavy atom. The molecule has 2 nitrogen and oxygen atoms in total. The summed E-state index contributed by atoms with van der Waals surface area (Å²) in [5.74, 6) is 1.99. The molecule has 2 atom stereocenters. The summed E-state index contributed by atoms with van der Waals surface area (Å²) in [6.45, 7) is 0.297. The Morgan fingerprint density at radius 2 is 2.60 bits per heavy atom. The fraction of sp³-hybridized carbons (Fsp3) is 0.500. The smallest absolute Gasteiger partial charge is 0.107 e. The van der Waals surface area contributed by atoms with Crippen LogP contribution in [0.1, 0.15) is 18.1 Å². The lowest BCUT2D eigenvalue weighted by atomic mass is 10.2. The summed E-state index contributed by atoms with van der Waals surface area (Å²) in [6, 6.07) is 3.86. The minimum absolute atomic E-state index is 0.297. The lowest BCUT2D eigenvalue weighted by molar-refractivity contribution is 0.271. The minimum Gasteiger partial charge on any atom is -0.469 e. The van der Waals surface area contributed by atoms with E-state index in [0.717, 1.165) is 12.2 Å². The second kappa shape index (κ2) is 2.13. The largest absolute Gasteiger partial charge is 0.469 e. The van der Waals surface area contributed by atoms with Gasteiger partial charge < -0.3 is 9.52 Å². The summed E-state index contributed by atoms with van der Waals surface area (Å²) in [5, 5.41) is 8.73. The summed E-state index contributed by atoms with van der Waals surface area (Å²) in [7, 11) is 0. The van der Waals surface area contributed by atoms with Crippen LogP contribution in [0.4, 0.5) is 0 Å². The standard InChI is InChI=1S/C8H10O2/c9-5-6-4-7(6)8-2-1-3-10-8/h1-3,6-7,9H,4-5H2/t6-,7+/m0/s1. The van der Waals surface area contributed by atoms with Crippen LogP contribution in [0.5, 0.6) is 0 Å². The predicted molar refractivity (Wildman–Crippen MR) is 36.6 cm³/mol.